The molecule has 74 heavy (non-hydrogen) atoms. The molecule has 378 valence electrons. The number of hydrogen-bond acceptors (Lipinski definition) is 14. The summed E-state index contributed by atoms with van der Waals surface area (Å²) in [5.74, 6) is -0.814. The summed E-state index contributed by atoms with van der Waals surface area (Å²) in [5, 5.41) is 80.0. The Labute approximate surface area is 437 Å². The zero-order valence-corrected chi connectivity index (χ0v) is 41.8. The van der Waals surface area contributed by atoms with Crippen LogP contribution in [0.15, 0.2) is 91.0 Å². The van der Waals surface area contributed by atoms with Crippen LogP contribution >= 0.6 is 23.2 Å². The van der Waals surface area contributed by atoms with Crippen LogP contribution < -0.4 is 24.3 Å². The minimum absolute atomic E-state index is 0.0177. The molecule has 0 bridgehead atoms. The standard InChI is InChI=1S/C56H50Cl2N6O10/c1-33-40(31-73-53-21-51(71-29-37-13-35(23-59)12-36(14-37)24-60)39(17-49(53)57)6-3-9-45(65)19-55(67)68)7-4-10-47(33)48-11-5-8-41(34(48)2)32-74-54-22-52(72-30-38-15-43(25-61)64-44(16-38)26-62)42(18-50(54)58)27-63-28-46(66)20-56(69)70/h4-5,7-8,10-18,21-22,45-46,63,65-66H,3,6,9,19-20,27-32H2,1-2H3,(H,67,68)(H,69,70)/t45-,46+/m1/s1. The second-order valence-corrected chi connectivity index (χ2v) is 18.1. The van der Waals surface area contributed by atoms with Gasteiger partial charge in [-0.15, -0.1) is 0 Å². The number of aliphatic carboxylic acids is 2. The number of carboxylic acid groups (broad SMARTS) is 2. The molecular formula is C56H50Cl2N6O10. The van der Waals surface area contributed by atoms with E-state index in [4.69, 9.17) is 52.4 Å². The van der Waals surface area contributed by atoms with Crippen LogP contribution in [0.1, 0.15) is 92.7 Å². The quantitative estimate of drug-likeness (QED) is 0.0357. The Morgan fingerprint density at radius 1 is 0.595 bits per heavy atom. The van der Waals surface area contributed by atoms with Gasteiger partial charge >= 0.3 is 11.9 Å². The number of ether oxygens (including phenoxy) is 4. The molecular weight excluding hydrogens is 988 g/mol. The number of halogens is 2. The van der Waals surface area contributed by atoms with E-state index in [1.165, 1.54) is 18.2 Å². The van der Waals surface area contributed by atoms with E-state index in [0.29, 0.717) is 74.2 Å². The molecule has 0 aliphatic heterocycles. The molecule has 0 saturated heterocycles. The molecule has 0 saturated carbocycles. The Morgan fingerprint density at radius 2 is 1.07 bits per heavy atom. The van der Waals surface area contributed by atoms with E-state index in [0.717, 1.165) is 33.4 Å². The van der Waals surface area contributed by atoms with Gasteiger partial charge in [-0.25, -0.2) is 4.98 Å². The van der Waals surface area contributed by atoms with Gasteiger partial charge in [0.1, 0.15) is 73.0 Å². The van der Waals surface area contributed by atoms with Gasteiger partial charge in [-0.2, -0.15) is 21.0 Å². The van der Waals surface area contributed by atoms with Crippen LogP contribution in [-0.2, 0) is 49.0 Å². The number of aliphatic hydroxyl groups is 2. The summed E-state index contributed by atoms with van der Waals surface area (Å²) in [6.07, 6.45) is -1.89. The second-order valence-electron chi connectivity index (χ2n) is 17.3. The van der Waals surface area contributed by atoms with E-state index in [1.54, 1.807) is 36.4 Å². The maximum Gasteiger partial charge on any atom is 0.306 e. The summed E-state index contributed by atoms with van der Waals surface area (Å²) >= 11 is 13.6. The second kappa shape index (κ2) is 26.5. The van der Waals surface area contributed by atoms with Crippen LogP contribution in [0.3, 0.4) is 0 Å². The number of nitrogens with one attached hydrogen (secondary N) is 1. The number of hydrogen-bond donors (Lipinski definition) is 5. The molecule has 5 N–H and O–H groups in total. The third-order valence-corrected chi connectivity index (χ3v) is 12.4. The van der Waals surface area contributed by atoms with Crippen molar-refractivity contribution in [3.05, 3.63) is 168 Å². The Hall–Kier alpha value is -8.19. The average Bonchev–Trinajstić information content (AvgIpc) is 3.37. The molecule has 0 unspecified atom stereocenters. The number of aliphatic hydroxyl groups excluding tert-OH is 2. The van der Waals surface area contributed by atoms with Gasteiger partial charge in [0.15, 0.2) is 0 Å². The summed E-state index contributed by atoms with van der Waals surface area (Å²) < 4.78 is 25.2. The van der Waals surface area contributed by atoms with Gasteiger partial charge in [0.25, 0.3) is 0 Å². The first kappa shape index (κ1) is 55.1. The van der Waals surface area contributed by atoms with E-state index in [2.05, 4.69) is 22.4 Å². The monoisotopic (exact) mass is 1040 g/mol. The van der Waals surface area contributed by atoms with Crippen molar-refractivity contribution < 1.29 is 49.0 Å². The van der Waals surface area contributed by atoms with Gasteiger partial charge in [0.05, 0.1) is 58.4 Å². The minimum Gasteiger partial charge on any atom is -0.488 e. The Kier molecular flexibility index (Phi) is 19.7. The first-order valence-electron chi connectivity index (χ1n) is 23.2. The van der Waals surface area contributed by atoms with Crippen molar-refractivity contribution in [3.8, 4) is 58.4 Å². The molecule has 0 radical (unpaired) electrons. The summed E-state index contributed by atoms with van der Waals surface area (Å²) in [6, 6.07) is 34.3. The van der Waals surface area contributed by atoms with Crippen molar-refractivity contribution in [1.82, 2.24) is 10.3 Å². The van der Waals surface area contributed by atoms with Gasteiger partial charge in [0, 0.05) is 30.8 Å². The highest BCUT2D eigenvalue weighted by Crippen LogP contribution is 2.38. The third-order valence-electron chi connectivity index (χ3n) is 11.8. The molecule has 0 aliphatic rings. The van der Waals surface area contributed by atoms with E-state index in [1.807, 2.05) is 62.4 Å². The van der Waals surface area contributed by atoms with E-state index in [-0.39, 0.29) is 68.8 Å². The van der Waals surface area contributed by atoms with Crippen LogP contribution in [0.25, 0.3) is 11.1 Å². The Morgan fingerprint density at radius 3 is 1.57 bits per heavy atom. The zero-order chi connectivity index (χ0) is 53.3. The predicted molar refractivity (Wildman–Crippen MR) is 272 cm³/mol. The van der Waals surface area contributed by atoms with Crippen LogP contribution in [0.4, 0.5) is 0 Å². The lowest BCUT2D eigenvalue weighted by Crippen LogP contribution is -2.28. The van der Waals surface area contributed by atoms with Crippen molar-refractivity contribution >= 4 is 35.1 Å². The highest BCUT2D eigenvalue weighted by atomic mass is 35.5. The fraction of sp³-hybridized carbons (Fsp3) is 0.268. The first-order valence-corrected chi connectivity index (χ1v) is 23.9. The predicted octanol–water partition coefficient (Wildman–Crippen LogP) is 9.56. The molecule has 16 nitrogen and oxygen atoms in total. The number of pyridine rings is 1. The largest absolute Gasteiger partial charge is 0.488 e. The number of rotatable bonds is 25. The number of benzene rings is 5. The van der Waals surface area contributed by atoms with Crippen LogP contribution in [-0.4, -0.2) is 56.1 Å². The van der Waals surface area contributed by atoms with Crippen molar-refractivity contribution in [2.45, 2.75) is 91.1 Å². The van der Waals surface area contributed by atoms with Gasteiger partial charge < -0.3 is 44.7 Å². The summed E-state index contributed by atoms with van der Waals surface area (Å²) in [4.78, 5) is 26.2. The van der Waals surface area contributed by atoms with E-state index < -0.39 is 30.6 Å². The lowest BCUT2D eigenvalue weighted by Gasteiger charge is -2.19. The van der Waals surface area contributed by atoms with Crippen molar-refractivity contribution in [2.75, 3.05) is 6.54 Å². The molecule has 18 heteroatoms. The third kappa shape index (κ3) is 15.4. The Balaban J connectivity index is 1.20. The number of aryl methyl sites for hydroxylation is 1. The minimum atomic E-state index is -1.14. The lowest BCUT2D eigenvalue weighted by molar-refractivity contribution is -0.140. The van der Waals surface area contributed by atoms with E-state index >= 15 is 0 Å². The normalized spacial score (nSPS) is 11.5. The zero-order valence-electron chi connectivity index (χ0n) is 40.3. The highest BCUT2D eigenvalue weighted by Gasteiger charge is 2.19. The van der Waals surface area contributed by atoms with Crippen molar-refractivity contribution in [3.63, 3.8) is 0 Å². The van der Waals surface area contributed by atoms with Crippen LogP contribution in [0, 0.1) is 59.2 Å². The van der Waals surface area contributed by atoms with Gasteiger partial charge in [-0.05, 0) is 126 Å². The molecule has 0 aliphatic carbocycles. The van der Waals surface area contributed by atoms with Crippen molar-refractivity contribution in [2.24, 2.45) is 0 Å². The smallest absolute Gasteiger partial charge is 0.306 e. The number of aromatic nitrogens is 1. The fourth-order valence-corrected chi connectivity index (χ4v) is 8.52. The van der Waals surface area contributed by atoms with Gasteiger partial charge in [-0.1, -0.05) is 59.6 Å². The van der Waals surface area contributed by atoms with Crippen molar-refractivity contribution in [1.29, 1.82) is 21.0 Å². The molecule has 6 aromatic rings. The first-order chi connectivity index (χ1) is 35.6. The fourth-order valence-electron chi connectivity index (χ4n) is 8.04. The number of carbonyl (C=O) groups is 2. The molecule has 1 heterocycles. The molecule has 2 atom stereocenters. The number of carboxylic acids is 2. The number of nitrogens with zero attached hydrogens (tertiary/aromatic N) is 5. The van der Waals surface area contributed by atoms with Crippen LogP contribution in [0.2, 0.25) is 10.0 Å². The highest BCUT2D eigenvalue weighted by molar-refractivity contribution is 6.32. The Bertz CT molecular complexity index is 2940. The SMILES string of the molecule is Cc1c(COc2cc(OCc3cc(C#N)cc(C#N)c3)c(CCC[C@@H](O)CC(=O)O)cc2Cl)cccc1-c1cccc(COc2cc(OCc3cc(C#N)nc(C#N)c3)c(CNC[C@@H](O)CC(=O)O)cc2Cl)c1C. The number of nitriles is 4. The maximum absolute atomic E-state index is 11.1. The topological polar surface area (TPSA) is 272 Å². The van der Waals surface area contributed by atoms with Gasteiger partial charge in [-0.3, -0.25) is 9.59 Å². The molecule has 0 amide bonds. The molecule has 0 fully saturated rings. The van der Waals surface area contributed by atoms with E-state index in [9.17, 15) is 40.8 Å². The van der Waals surface area contributed by atoms with Gasteiger partial charge in [0.2, 0.25) is 0 Å². The average molecular weight is 1040 g/mol. The summed E-state index contributed by atoms with van der Waals surface area (Å²) in [6.45, 7) is 4.35. The molecule has 1 aromatic heterocycles. The summed E-state index contributed by atoms with van der Waals surface area (Å²) in [7, 11) is 0. The maximum atomic E-state index is 11.1. The molecule has 5 aromatic carbocycles. The molecule has 6 rings (SSSR count). The van der Waals surface area contributed by atoms with Crippen LogP contribution in [0.5, 0.6) is 23.0 Å². The molecule has 0 spiro atoms. The lowest BCUT2D eigenvalue weighted by atomic mass is 9.92. The summed E-state index contributed by atoms with van der Waals surface area (Å²) in [5.41, 5.74) is 8.65.